The van der Waals surface area contributed by atoms with Crippen LogP contribution in [0.2, 0.25) is 0 Å². The average molecular weight is 229 g/mol. The molecule has 0 aliphatic carbocycles. The van der Waals surface area contributed by atoms with Gasteiger partial charge in [-0.05, 0) is 38.9 Å². The fourth-order valence-electron chi connectivity index (χ4n) is 1.99. The quantitative estimate of drug-likeness (QED) is 0.782. The highest BCUT2D eigenvalue weighted by Gasteiger charge is 2.13. The molecule has 0 fully saturated rings. The van der Waals surface area contributed by atoms with Gasteiger partial charge in [0.25, 0.3) is 0 Å². The Hall–Kier alpha value is -1.54. The largest absolute Gasteiger partial charge is 0.459 e. The van der Waals surface area contributed by atoms with Crippen molar-refractivity contribution in [3.8, 4) is 0 Å². The summed E-state index contributed by atoms with van der Waals surface area (Å²) in [6.07, 6.45) is 2.04. The summed E-state index contributed by atoms with van der Waals surface area (Å²) in [7, 11) is 1.97. The number of allylic oxidation sites excluding steroid dienone is 1. The molecule has 2 nitrogen and oxygen atoms in total. The predicted octanol–water partition coefficient (Wildman–Crippen LogP) is 4.05. The van der Waals surface area contributed by atoms with Crippen molar-refractivity contribution in [2.45, 2.75) is 25.8 Å². The van der Waals surface area contributed by atoms with Crippen LogP contribution < -0.4 is 5.32 Å². The monoisotopic (exact) mass is 229 g/mol. The van der Waals surface area contributed by atoms with Gasteiger partial charge in [-0.15, -0.1) is 6.58 Å². The lowest BCUT2D eigenvalue weighted by molar-refractivity contribution is 0.433. The van der Waals surface area contributed by atoms with Gasteiger partial charge in [0.15, 0.2) is 0 Å². The lowest BCUT2D eigenvalue weighted by Gasteiger charge is -2.12. The zero-order chi connectivity index (χ0) is 12.3. The van der Waals surface area contributed by atoms with E-state index in [9.17, 15) is 0 Å². The zero-order valence-electron chi connectivity index (χ0n) is 10.5. The van der Waals surface area contributed by atoms with Gasteiger partial charge in [-0.25, -0.2) is 0 Å². The molecular weight excluding hydrogens is 210 g/mol. The third-order valence-electron chi connectivity index (χ3n) is 3.00. The second-order valence-electron chi connectivity index (χ2n) is 4.52. The molecule has 0 saturated carbocycles. The van der Waals surface area contributed by atoms with Crippen molar-refractivity contribution in [1.82, 2.24) is 5.32 Å². The molecular formula is C15H19NO. The molecule has 1 aromatic heterocycles. The van der Waals surface area contributed by atoms with Gasteiger partial charge in [0, 0.05) is 5.39 Å². The van der Waals surface area contributed by atoms with Crippen LogP contribution in [0.1, 0.15) is 31.6 Å². The Bertz CT molecular complexity index is 479. The minimum atomic E-state index is 0.263. The SMILES string of the molecule is C=C(C)CCC(NC)c1cc2ccccc2o1. The molecule has 1 unspecified atom stereocenters. The van der Waals surface area contributed by atoms with Crippen molar-refractivity contribution in [2.75, 3.05) is 7.05 Å². The van der Waals surface area contributed by atoms with Crippen LogP contribution in [-0.4, -0.2) is 7.05 Å². The summed E-state index contributed by atoms with van der Waals surface area (Å²) in [6.45, 7) is 6.00. The molecule has 0 saturated heterocycles. The Morgan fingerprint density at radius 3 is 2.82 bits per heavy atom. The van der Waals surface area contributed by atoms with Gasteiger partial charge in [0.1, 0.15) is 11.3 Å². The highest BCUT2D eigenvalue weighted by atomic mass is 16.3. The zero-order valence-corrected chi connectivity index (χ0v) is 10.5. The molecule has 2 aromatic rings. The molecule has 1 aromatic carbocycles. The van der Waals surface area contributed by atoms with Gasteiger partial charge in [-0.1, -0.05) is 23.8 Å². The van der Waals surface area contributed by atoms with E-state index in [0.717, 1.165) is 29.6 Å². The van der Waals surface area contributed by atoms with Crippen molar-refractivity contribution < 1.29 is 4.42 Å². The van der Waals surface area contributed by atoms with E-state index in [-0.39, 0.29) is 6.04 Å². The standard InChI is InChI=1S/C15H19NO/c1-11(2)8-9-13(16-3)15-10-12-6-4-5-7-14(12)17-15/h4-7,10,13,16H,1,8-9H2,2-3H3. The van der Waals surface area contributed by atoms with E-state index in [1.165, 1.54) is 5.57 Å². The lowest BCUT2D eigenvalue weighted by Crippen LogP contribution is -2.15. The minimum absolute atomic E-state index is 0.263. The van der Waals surface area contributed by atoms with Crippen molar-refractivity contribution in [1.29, 1.82) is 0 Å². The lowest BCUT2D eigenvalue weighted by atomic mass is 10.1. The molecule has 0 radical (unpaired) electrons. The van der Waals surface area contributed by atoms with Crippen LogP contribution in [0.5, 0.6) is 0 Å². The first-order valence-corrected chi connectivity index (χ1v) is 6.01. The maximum absolute atomic E-state index is 5.86. The van der Waals surface area contributed by atoms with Crippen LogP contribution in [0.3, 0.4) is 0 Å². The molecule has 1 atom stereocenters. The van der Waals surface area contributed by atoms with E-state index in [1.807, 2.05) is 25.2 Å². The second kappa shape index (κ2) is 5.19. The van der Waals surface area contributed by atoms with E-state index >= 15 is 0 Å². The van der Waals surface area contributed by atoms with Crippen molar-refractivity contribution in [2.24, 2.45) is 0 Å². The van der Waals surface area contributed by atoms with Crippen LogP contribution in [0, 0.1) is 0 Å². The predicted molar refractivity (Wildman–Crippen MR) is 72.1 cm³/mol. The second-order valence-corrected chi connectivity index (χ2v) is 4.52. The third kappa shape index (κ3) is 2.77. The molecule has 1 N–H and O–H groups in total. The van der Waals surface area contributed by atoms with E-state index in [2.05, 4.69) is 31.0 Å². The fraction of sp³-hybridized carbons (Fsp3) is 0.333. The van der Waals surface area contributed by atoms with Crippen molar-refractivity contribution in [3.63, 3.8) is 0 Å². The first kappa shape index (κ1) is 11.9. The smallest absolute Gasteiger partial charge is 0.134 e. The molecule has 0 bridgehead atoms. The number of fused-ring (bicyclic) bond motifs is 1. The number of hydrogen-bond acceptors (Lipinski definition) is 2. The molecule has 2 rings (SSSR count). The summed E-state index contributed by atoms with van der Waals surface area (Å²) in [5.41, 5.74) is 2.17. The van der Waals surface area contributed by atoms with Gasteiger partial charge in [0.2, 0.25) is 0 Å². The summed E-state index contributed by atoms with van der Waals surface area (Å²) in [6, 6.07) is 10.5. The molecule has 0 aliphatic heterocycles. The van der Waals surface area contributed by atoms with Gasteiger partial charge < -0.3 is 9.73 Å². The van der Waals surface area contributed by atoms with Gasteiger partial charge >= 0.3 is 0 Å². The van der Waals surface area contributed by atoms with Gasteiger partial charge in [-0.3, -0.25) is 0 Å². The van der Waals surface area contributed by atoms with Crippen molar-refractivity contribution in [3.05, 3.63) is 48.2 Å². The molecule has 0 amide bonds. The number of para-hydroxylation sites is 1. The molecule has 1 heterocycles. The highest BCUT2D eigenvalue weighted by molar-refractivity contribution is 5.77. The summed E-state index contributed by atoms with van der Waals surface area (Å²) in [5, 5.41) is 4.46. The summed E-state index contributed by atoms with van der Waals surface area (Å²) < 4.78 is 5.86. The molecule has 17 heavy (non-hydrogen) atoms. The van der Waals surface area contributed by atoms with Crippen molar-refractivity contribution >= 4 is 11.0 Å². The Morgan fingerprint density at radius 1 is 1.41 bits per heavy atom. The topological polar surface area (TPSA) is 25.2 Å². The van der Waals surface area contributed by atoms with Crippen LogP contribution in [-0.2, 0) is 0 Å². The normalized spacial score (nSPS) is 12.8. The maximum atomic E-state index is 5.86. The maximum Gasteiger partial charge on any atom is 0.134 e. The van der Waals surface area contributed by atoms with Gasteiger partial charge in [0.05, 0.1) is 6.04 Å². The molecule has 0 spiro atoms. The number of benzene rings is 1. The van der Waals surface area contributed by atoms with Gasteiger partial charge in [-0.2, -0.15) is 0 Å². The molecule has 2 heteroatoms. The average Bonchev–Trinajstić information content (AvgIpc) is 2.72. The Labute approximate surface area is 102 Å². The van der Waals surface area contributed by atoms with E-state index < -0.39 is 0 Å². The first-order chi connectivity index (χ1) is 8.20. The third-order valence-corrected chi connectivity index (χ3v) is 3.00. The summed E-state index contributed by atoms with van der Waals surface area (Å²) in [5.74, 6) is 1.01. The van der Waals surface area contributed by atoms with E-state index in [1.54, 1.807) is 0 Å². The Kier molecular flexibility index (Phi) is 3.64. The van der Waals surface area contributed by atoms with Crippen LogP contribution in [0.4, 0.5) is 0 Å². The number of hydrogen-bond donors (Lipinski definition) is 1. The van der Waals surface area contributed by atoms with Crippen LogP contribution >= 0.6 is 0 Å². The van der Waals surface area contributed by atoms with E-state index in [0.29, 0.717) is 0 Å². The number of furan rings is 1. The number of nitrogens with one attached hydrogen (secondary N) is 1. The molecule has 90 valence electrons. The summed E-state index contributed by atoms with van der Waals surface area (Å²) in [4.78, 5) is 0. The first-order valence-electron chi connectivity index (χ1n) is 6.01. The molecule has 0 aliphatic rings. The highest BCUT2D eigenvalue weighted by Crippen LogP contribution is 2.26. The van der Waals surface area contributed by atoms with E-state index in [4.69, 9.17) is 4.42 Å². The summed E-state index contributed by atoms with van der Waals surface area (Å²) >= 11 is 0. The Morgan fingerprint density at radius 2 is 2.18 bits per heavy atom. The minimum Gasteiger partial charge on any atom is -0.459 e. The van der Waals surface area contributed by atoms with Crippen LogP contribution in [0.15, 0.2) is 46.9 Å². The fourth-order valence-corrected chi connectivity index (χ4v) is 1.99. The van der Waals surface area contributed by atoms with Crippen LogP contribution in [0.25, 0.3) is 11.0 Å². The number of rotatable bonds is 5. The Balaban J connectivity index is 2.21.